The number of aromatic nitrogens is 1. The summed E-state index contributed by atoms with van der Waals surface area (Å²) in [6.45, 7) is 3.89. The van der Waals surface area contributed by atoms with Crippen molar-refractivity contribution >= 4 is 6.21 Å². The van der Waals surface area contributed by atoms with Gasteiger partial charge in [0.2, 0.25) is 0 Å². The molecule has 0 aliphatic carbocycles. The van der Waals surface area contributed by atoms with Crippen molar-refractivity contribution in [3.05, 3.63) is 11.8 Å². The third kappa shape index (κ3) is 2.89. The topological polar surface area (TPSA) is 60.1 Å². The lowest BCUT2D eigenvalue weighted by Crippen LogP contribution is -2.47. The van der Waals surface area contributed by atoms with Crippen LogP contribution < -0.4 is 4.74 Å². The maximum atomic E-state index is 5.25. The van der Waals surface area contributed by atoms with Gasteiger partial charge in [0, 0.05) is 24.7 Å². The van der Waals surface area contributed by atoms with Crippen LogP contribution >= 0.6 is 0 Å². The molecule has 6 heteroatoms. The molecular formula is C13H19N3O3. The Kier molecular flexibility index (Phi) is 3.68. The molecule has 1 aromatic heterocycles. The zero-order valence-corrected chi connectivity index (χ0v) is 11.1. The molecule has 3 aliphatic heterocycles. The van der Waals surface area contributed by atoms with Crippen LogP contribution in [0.1, 0.15) is 18.6 Å². The fourth-order valence-electron chi connectivity index (χ4n) is 2.86. The van der Waals surface area contributed by atoms with Gasteiger partial charge in [-0.15, -0.1) is 0 Å². The van der Waals surface area contributed by atoms with Crippen LogP contribution in [0.2, 0.25) is 0 Å². The average Bonchev–Trinajstić information content (AvgIpc) is 2.93. The Balaban J connectivity index is 1.45. The minimum Gasteiger partial charge on any atom is -0.479 e. The standard InChI is InChI=1S/C13H19N3O3/c1-17-13-6-12(19-15-13)9-18-14-7-11-8-16-4-2-10(11)3-5-16/h6-7,10-11H,2-5,8-9H2,1H3/b14-7+. The second kappa shape index (κ2) is 5.61. The van der Waals surface area contributed by atoms with E-state index in [1.807, 2.05) is 6.21 Å². The molecule has 0 amide bonds. The molecule has 19 heavy (non-hydrogen) atoms. The van der Waals surface area contributed by atoms with Crippen LogP contribution in [0, 0.1) is 11.8 Å². The predicted molar refractivity (Wildman–Crippen MR) is 69.0 cm³/mol. The third-order valence-electron chi connectivity index (χ3n) is 3.99. The highest BCUT2D eigenvalue weighted by molar-refractivity contribution is 5.61. The largest absolute Gasteiger partial charge is 0.479 e. The summed E-state index contributed by atoms with van der Waals surface area (Å²) in [5.74, 6) is 2.39. The SMILES string of the molecule is COc1cc(CO/N=C/C2CN3CCC2CC3)on1. The molecule has 104 valence electrons. The summed E-state index contributed by atoms with van der Waals surface area (Å²) < 4.78 is 9.94. The lowest BCUT2D eigenvalue weighted by Gasteiger charge is -2.43. The first-order chi connectivity index (χ1) is 9.35. The van der Waals surface area contributed by atoms with E-state index in [9.17, 15) is 0 Å². The first kappa shape index (κ1) is 12.5. The Morgan fingerprint density at radius 3 is 3.00 bits per heavy atom. The van der Waals surface area contributed by atoms with Crippen molar-refractivity contribution in [3.63, 3.8) is 0 Å². The lowest BCUT2D eigenvalue weighted by atomic mass is 9.80. The van der Waals surface area contributed by atoms with E-state index in [-0.39, 0.29) is 6.61 Å². The minimum absolute atomic E-state index is 0.286. The van der Waals surface area contributed by atoms with Crippen LogP contribution in [0.5, 0.6) is 5.88 Å². The second-order valence-electron chi connectivity index (χ2n) is 5.17. The maximum absolute atomic E-state index is 5.25. The number of fused-ring (bicyclic) bond motifs is 3. The van der Waals surface area contributed by atoms with Crippen molar-refractivity contribution in [1.29, 1.82) is 0 Å². The fourth-order valence-corrected chi connectivity index (χ4v) is 2.86. The highest BCUT2D eigenvalue weighted by atomic mass is 16.6. The third-order valence-corrected chi connectivity index (χ3v) is 3.99. The Hall–Kier alpha value is -1.56. The van der Waals surface area contributed by atoms with Crippen molar-refractivity contribution in [2.24, 2.45) is 17.0 Å². The van der Waals surface area contributed by atoms with Crippen LogP contribution in [-0.4, -0.2) is 43.0 Å². The molecule has 6 nitrogen and oxygen atoms in total. The normalized spacial score (nSPS) is 29.8. The van der Waals surface area contributed by atoms with Gasteiger partial charge in [-0.05, 0) is 37.0 Å². The van der Waals surface area contributed by atoms with Gasteiger partial charge in [-0.1, -0.05) is 5.16 Å². The molecule has 1 atom stereocenters. The molecular weight excluding hydrogens is 246 g/mol. The lowest BCUT2D eigenvalue weighted by molar-refractivity contribution is 0.0762. The van der Waals surface area contributed by atoms with Gasteiger partial charge in [-0.3, -0.25) is 0 Å². The summed E-state index contributed by atoms with van der Waals surface area (Å²) in [7, 11) is 1.55. The molecule has 0 aromatic carbocycles. The van der Waals surface area contributed by atoms with Crippen LogP contribution in [-0.2, 0) is 11.4 Å². The van der Waals surface area contributed by atoms with Gasteiger partial charge in [0.05, 0.1) is 7.11 Å². The van der Waals surface area contributed by atoms with Gasteiger partial charge in [0.15, 0.2) is 12.4 Å². The number of nitrogens with zero attached hydrogens (tertiary/aromatic N) is 3. The summed E-state index contributed by atoms with van der Waals surface area (Å²) in [6, 6.07) is 1.70. The van der Waals surface area contributed by atoms with Gasteiger partial charge < -0.3 is 19.0 Å². The number of hydrogen-bond donors (Lipinski definition) is 0. The van der Waals surface area contributed by atoms with Crippen molar-refractivity contribution in [1.82, 2.24) is 10.1 Å². The molecule has 0 N–H and O–H groups in total. The van der Waals surface area contributed by atoms with E-state index < -0.39 is 0 Å². The van der Waals surface area contributed by atoms with Crippen LogP contribution in [0.15, 0.2) is 15.7 Å². The van der Waals surface area contributed by atoms with E-state index in [1.165, 1.54) is 25.9 Å². The molecule has 0 spiro atoms. The number of hydrogen-bond acceptors (Lipinski definition) is 6. The molecule has 3 saturated heterocycles. The zero-order chi connectivity index (χ0) is 13.1. The maximum Gasteiger partial charge on any atom is 0.254 e. The fraction of sp³-hybridized carbons (Fsp3) is 0.692. The van der Waals surface area contributed by atoms with Gasteiger partial charge in [0.1, 0.15) is 0 Å². The van der Waals surface area contributed by atoms with Crippen LogP contribution in [0.25, 0.3) is 0 Å². The van der Waals surface area contributed by atoms with Crippen molar-refractivity contribution in [3.8, 4) is 5.88 Å². The first-order valence-electron chi connectivity index (χ1n) is 6.72. The number of oxime groups is 1. The minimum atomic E-state index is 0.286. The average molecular weight is 265 g/mol. The van der Waals surface area contributed by atoms with E-state index in [0.717, 1.165) is 12.5 Å². The van der Waals surface area contributed by atoms with Crippen molar-refractivity contribution in [2.45, 2.75) is 19.4 Å². The Bertz CT molecular complexity index is 438. The van der Waals surface area contributed by atoms with E-state index in [4.69, 9.17) is 14.1 Å². The van der Waals surface area contributed by atoms with E-state index >= 15 is 0 Å². The molecule has 0 radical (unpaired) electrons. The summed E-state index contributed by atoms with van der Waals surface area (Å²) in [6.07, 6.45) is 4.52. The zero-order valence-electron chi connectivity index (χ0n) is 11.1. The molecule has 4 heterocycles. The molecule has 3 aliphatic rings. The second-order valence-corrected chi connectivity index (χ2v) is 5.17. The summed E-state index contributed by atoms with van der Waals surface area (Å²) in [5.41, 5.74) is 0. The van der Waals surface area contributed by atoms with Gasteiger partial charge in [-0.25, -0.2) is 0 Å². The molecule has 1 aromatic rings. The summed E-state index contributed by atoms with van der Waals surface area (Å²) in [5, 5.41) is 7.76. The molecule has 2 bridgehead atoms. The van der Waals surface area contributed by atoms with E-state index in [0.29, 0.717) is 17.6 Å². The Morgan fingerprint density at radius 2 is 2.37 bits per heavy atom. The molecule has 0 saturated carbocycles. The van der Waals surface area contributed by atoms with E-state index in [1.54, 1.807) is 13.2 Å². The van der Waals surface area contributed by atoms with Gasteiger partial charge in [-0.2, -0.15) is 0 Å². The van der Waals surface area contributed by atoms with Crippen LogP contribution in [0.3, 0.4) is 0 Å². The number of rotatable bonds is 5. The first-order valence-corrected chi connectivity index (χ1v) is 6.72. The summed E-state index contributed by atoms with van der Waals surface area (Å²) in [4.78, 5) is 7.75. The number of piperidine rings is 3. The van der Waals surface area contributed by atoms with Gasteiger partial charge >= 0.3 is 0 Å². The molecule has 3 fully saturated rings. The number of ether oxygens (including phenoxy) is 1. The predicted octanol–water partition coefficient (Wildman–Crippen LogP) is 1.53. The summed E-state index contributed by atoms with van der Waals surface area (Å²) >= 11 is 0. The van der Waals surface area contributed by atoms with Crippen molar-refractivity contribution in [2.75, 3.05) is 26.7 Å². The van der Waals surface area contributed by atoms with E-state index in [2.05, 4.69) is 15.2 Å². The van der Waals surface area contributed by atoms with Gasteiger partial charge in [0.25, 0.3) is 5.88 Å². The highest BCUT2D eigenvalue weighted by Crippen LogP contribution is 2.31. The molecule has 4 rings (SSSR count). The van der Waals surface area contributed by atoms with Crippen molar-refractivity contribution < 1.29 is 14.1 Å². The molecule has 1 unspecified atom stereocenters. The number of methoxy groups -OCH3 is 1. The quantitative estimate of drug-likeness (QED) is 0.597. The van der Waals surface area contributed by atoms with Crippen LogP contribution in [0.4, 0.5) is 0 Å². The Morgan fingerprint density at radius 1 is 1.53 bits per heavy atom. The monoisotopic (exact) mass is 265 g/mol. The highest BCUT2D eigenvalue weighted by Gasteiger charge is 2.33. The Labute approximate surface area is 112 Å². The smallest absolute Gasteiger partial charge is 0.254 e.